The van der Waals surface area contributed by atoms with Crippen molar-refractivity contribution in [2.24, 2.45) is 0 Å². The summed E-state index contributed by atoms with van der Waals surface area (Å²) in [4.78, 5) is 29.1. The van der Waals surface area contributed by atoms with Crippen molar-refractivity contribution in [1.29, 1.82) is 5.26 Å². The third-order valence-corrected chi connectivity index (χ3v) is 2.11. The van der Waals surface area contributed by atoms with Crippen molar-refractivity contribution in [1.82, 2.24) is 19.1 Å². The number of nitrogens with one attached hydrogen (secondary N) is 1. The quantitative estimate of drug-likeness (QED) is 0.661. The van der Waals surface area contributed by atoms with E-state index in [2.05, 4.69) is 9.97 Å². The molecule has 7 heteroatoms. The first-order valence-corrected chi connectivity index (χ1v) is 4.29. The van der Waals surface area contributed by atoms with E-state index in [9.17, 15) is 9.59 Å². The zero-order chi connectivity index (χ0) is 11.0. The molecule has 0 saturated heterocycles. The molecule has 0 fully saturated rings. The second-order valence-corrected chi connectivity index (χ2v) is 2.90. The fraction of sp³-hybridized carbons (Fsp3) is 0.250. The van der Waals surface area contributed by atoms with Gasteiger partial charge in [0.05, 0.1) is 6.33 Å². The fourth-order valence-corrected chi connectivity index (χ4v) is 1.38. The molecule has 0 radical (unpaired) electrons. The average molecular weight is 205 g/mol. The summed E-state index contributed by atoms with van der Waals surface area (Å²) in [5.74, 6) is 0. The number of imidazole rings is 1. The van der Waals surface area contributed by atoms with Gasteiger partial charge in [0.15, 0.2) is 17.4 Å². The van der Waals surface area contributed by atoms with Crippen LogP contribution in [0.3, 0.4) is 0 Å². The molecule has 76 valence electrons. The van der Waals surface area contributed by atoms with E-state index in [1.165, 1.54) is 12.5 Å². The van der Waals surface area contributed by atoms with Gasteiger partial charge in [-0.2, -0.15) is 9.83 Å². The van der Waals surface area contributed by atoms with E-state index in [0.29, 0.717) is 11.1 Å². The Balaban J connectivity index is 3.05. The minimum Gasteiger partial charge on any atom is -0.325 e. The van der Waals surface area contributed by atoms with Crippen LogP contribution in [0.15, 0.2) is 15.9 Å². The van der Waals surface area contributed by atoms with E-state index in [-0.39, 0.29) is 11.2 Å². The summed E-state index contributed by atoms with van der Waals surface area (Å²) in [6.07, 6.45) is 2.96. The minimum atomic E-state index is -0.767. The van der Waals surface area contributed by atoms with E-state index in [4.69, 9.17) is 5.26 Å². The average Bonchev–Trinajstić information content (AvgIpc) is 2.61. The van der Waals surface area contributed by atoms with E-state index in [1.807, 2.05) is 6.92 Å². The monoisotopic (exact) mass is 205 g/mol. The maximum absolute atomic E-state index is 11.7. The molecule has 0 spiro atoms. The molecule has 0 aliphatic heterocycles. The molecule has 15 heavy (non-hydrogen) atoms. The lowest BCUT2D eigenvalue weighted by atomic mass is 10.5. The Morgan fingerprint density at radius 3 is 2.93 bits per heavy atom. The van der Waals surface area contributed by atoms with Crippen molar-refractivity contribution in [3.05, 3.63) is 27.2 Å². The number of nitrogens with zero attached hydrogens (tertiary/aromatic N) is 4. The molecule has 0 aliphatic carbocycles. The van der Waals surface area contributed by atoms with Crippen LogP contribution in [0.1, 0.15) is 6.92 Å². The molecule has 2 aromatic heterocycles. The van der Waals surface area contributed by atoms with Crippen LogP contribution in [0.4, 0.5) is 0 Å². The summed E-state index contributed by atoms with van der Waals surface area (Å²) in [7, 11) is 0. The number of aromatic nitrogens is 4. The van der Waals surface area contributed by atoms with Gasteiger partial charge in [-0.25, -0.2) is 9.78 Å². The molecule has 0 bridgehead atoms. The molecular weight excluding hydrogens is 198 g/mol. The molecule has 0 amide bonds. The summed E-state index contributed by atoms with van der Waals surface area (Å²) < 4.78 is 2.04. The van der Waals surface area contributed by atoms with Crippen molar-refractivity contribution in [2.45, 2.75) is 13.5 Å². The third-order valence-electron chi connectivity index (χ3n) is 2.11. The molecular formula is C8H7N5O2. The molecule has 1 N–H and O–H groups in total. The second-order valence-electron chi connectivity index (χ2n) is 2.90. The Hall–Kier alpha value is -2.36. The SMILES string of the molecule is CCn1cnc2[nH]c(=O)n(C#N)c(=O)c21. The highest BCUT2D eigenvalue weighted by Crippen LogP contribution is 2.01. The van der Waals surface area contributed by atoms with E-state index in [0.717, 1.165) is 0 Å². The van der Waals surface area contributed by atoms with Gasteiger partial charge in [0, 0.05) is 6.54 Å². The normalized spacial score (nSPS) is 10.4. The van der Waals surface area contributed by atoms with Crippen LogP contribution in [0.5, 0.6) is 0 Å². The largest absolute Gasteiger partial charge is 0.343 e. The summed E-state index contributed by atoms with van der Waals surface area (Å²) in [6, 6.07) is 0. The van der Waals surface area contributed by atoms with Gasteiger partial charge in [-0.05, 0) is 6.92 Å². The standard InChI is InChI=1S/C8H7N5O2/c1-2-12-4-10-6-5(12)7(14)13(3-9)8(15)11-6/h4H,2H2,1H3,(H,11,15). The maximum atomic E-state index is 11.7. The lowest BCUT2D eigenvalue weighted by Gasteiger charge is -1.97. The number of aryl methyl sites for hydroxylation is 1. The summed E-state index contributed by atoms with van der Waals surface area (Å²) in [6.45, 7) is 2.38. The van der Waals surface area contributed by atoms with Crippen molar-refractivity contribution < 1.29 is 0 Å². The summed E-state index contributed by atoms with van der Waals surface area (Å²) in [5.41, 5.74) is -0.969. The number of hydrogen-bond donors (Lipinski definition) is 1. The first-order valence-electron chi connectivity index (χ1n) is 4.29. The Kier molecular flexibility index (Phi) is 1.90. The van der Waals surface area contributed by atoms with Gasteiger partial charge in [-0.3, -0.25) is 9.78 Å². The van der Waals surface area contributed by atoms with Gasteiger partial charge >= 0.3 is 5.69 Å². The Morgan fingerprint density at radius 2 is 2.33 bits per heavy atom. The highest BCUT2D eigenvalue weighted by molar-refractivity contribution is 5.69. The Bertz CT molecular complexity index is 669. The molecule has 2 heterocycles. The van der Waals surface area contributed by atoms with Gasteiger partial charge in [-0.15, -0.1) is 0 Å². The number of aromatic amines is 1. The summed E-state index contributed by atoms with van der Waals surface area (Å²) >= 11 is 0. The van der Waals surface area contributed by atoms with E-state index < -0.39 is 11.2 Å². The minimum absolute atomic E-state index is 0.207. The lowest BCUT2D eigenvalue weighted by molar-refractivity contribution is 0.776. The molecule has 7 nitrogen and oxygen atoms in total. The smallest absolute Gasteiger partial charge is 0.325 e. The Morgan fingerprint density at radius 1 is 1.60 bits per heavy atom. The van der Waals surface area contributed by atoms with Gasteiger partial charge in [0.25, 0.3) is 5.56 Å². The van der Waals surface area contributed by atoms with Crippen molar-refractivity contribution >= 4 is 11.2 Å². The zero-order valence-electron chi connectivity index (χ0n) is 7.89. The number of fused-ring (bicyclic) bond motifs is 1. The van der Waals surface area contributed by atoms with Gasteiger partial charge in [-0.1, -0.05) is 0 Å². The fourth-order valence-electron chi connectivity index (χ4n) is 1.38. The molecule has 2 aromatic rings. The van der Waals surface area contributed by atoms with E-state index >= 15 is 0 Å². The van der Waals surface area contributed by atoms with Crippen molar-refractivity contribution in [3.63, 3.8) is 0 Å². The van der Waals surface area contributed by atoms with Gasteiger partial charge in [0.1, 0.15) is 0 Å². The van der Waals surface area contributed by atoms with Crippen molar-refractivity contribution in [2.75, 3.05) is 0 Å². The molecule has 0 unspecified atom stereocenters. The van der Waals surface area contributed by atoms with Crippen LogP contribution in [0, 0.1) is 11.5 Å². The number of nitriles is 1. The molecule has 2 rings (SSSR count). The van der Waals surface area contributed by atoms with E-state index in [1.54, 1.807) is 4.57 Å². The van der Waals surface area contributed by atoms with Crippen LogP contribution >= 0.6 is 0 Å². The first-order chi connectivity index (χ1) is 7.19. The topological polar surface area (TPSA) is 96.5 Å². The zero-order valence-corrected chi connectivity index (χ0v) is 7.89. The Labute approximate surface area is 83.2 Å². The highest BCUT2D eigenvalue weighted by atomic mass is 16.2. The molecule has 0 aromatic carbocycles. The van der Waals surface area contributed by atoms with Crippen LogP contribution in [0.2, 0.25) is 0 Å². The van der Waals surface area contributed by atoms with Crippen LogP contribution in [0.25, 0.3) is 11.2 Å². The van der Waals surface area contributed by atoms with Crippen LogP contribution in [-0.2, 0) is 6.54 Å². The number of rotatable bonds is 1. The number of H-pyrrole nitrogens is 1. The van der Waals surface area contributed by atoms with Gasteiger partial charge in [0.2, 0.25) is 0 Å². The maximum Gasteiger partial charge on any atom is 0.343 e. The third kappa shape index (κ3) is 1.15. The van der Waals surface area contributed by atoms with Gasteiger partial charge < -0.3 is 4.57 Å². The van der Waals surface area contributed by atoms with Crippen LogP contribution in [-0.4, -0.2) is 19.1 Å². The predicted octanol–water partition coefficient (Wildman–Crippen LogP) is -0.765. The lowest BCUT2D eigenvalue weighted by Crippen LogP contribution is -2.33. The van der Waals surface area contributed by atoms with Crippen molar-refractivity contribution in [3.8, 4) is 6.19 Å². The molecule has 0 aliphatic rings. The first kappa shape index (κ1) is 9.21. The molecule has 0 atom stereocenters. The predicted molar refractivity (Wildman–Crippen MR) is 51.3 cm³/mol. The molecule has 0 saturated carbocycles. The highest BCUT2D eigenvalue weighted by Gasteiger charge is 2.11. The second kappa shape index (κ2) is 3.09. The number of hydrogen-bond acceptors (Lipinski definition) is 4. The summed E-state index contributed by atoms with van der Waals surface area (Å²) in [5, 5.41) is 8.62. The van der Waals surface area contributed by atoms with Crippen LogP contribution < -0.4 is 11.2 Å².